The average Bonchev–Trinajstić information content (AvgIpc) is 2.96. The van der Waals surface area contributed by atoms with Gasteiger partial charge in [-0.25, -0.2) is 4.98 Å². The van der Waals surface area contributed by atoms with Gasteiger partial charge in [0, 0.05) is 23.7 Å². The van der Waals surface area contributed by atoms with E-state index in [-0.39, 0.29) is 11.5 Å². The highest BCUT2D eigenvalue weighted by Gasteiger charge is 2.35. The van der Waals surface area contributed by atoms with E-state index in [1.54, 1.807) is 4.52 Å². The molecular formula is C15H23N5O. The van der Waals surface area contributed by atoms with Gasteiger partial charge in [-0.2, -0.15) is 14.6 Å². The van der Waals surface area contributed by atoms with E-state index in [4.69, 9.17) is 0 Å². The zero-order valence-corrected chi connectivity index (χ0v) is 12.7. The molecular weight excluding hydrogens is 266 g/mol. The van der Waals surface area contributed by atoms with Crippen molar-refractivity contribution in [1.82, 2.24) is 19.6 Å². The highest BCUT2D eigenvalue weighted by molar-refractivity contribution is 5.45. The van der Waals surface area contributed by atoms with Gasteiger partial charge in [0.1, 0.15) is 12.1 Å². The molecule has 0 aromatic carbocycles. The molecule has 0 amide bonds. The summed E-state index contributed by atoms with van der Waals surface area (Å²) in [5.74, 6) is 1.51. The Balaban J connectivity index is 1.82. The average molecular weight is 289 g/mol. The maximum atomic E-state index is 10.3. The maximum Gasteiger partial charge on any atom is 0.254 e. The third-order valence-electron chi connectivity index (χ3n) is 4.62. The summed E-state index contributed by atoms with van der Waals surface area (Å²) < 4.78 is 1.72. The first kappa shape index (κ1) is 14.3. The molecule has 114 valence electrons. The number of aryl methyl sites for hydroxylation is 1. The van der Waals surface area contributed by atoms with E-state index in [0.717, 1.165) is 43.7 Å². The third-order valence-corrected chi connectivity index (χ3v) is 4.62. The molecule has 0 saturated heterocycles. The van der Waals surface area contributed by atoms with E-state index in [9.17, 15) is 5.11 Å². The van der Waals surface area contributed by atoms with Crippen LogP contribution in [0.4, 0.5) is 5.82 Å². The first-order chi connectivity index (χ1) is 10.1. The summed E-state index contributed by atoms with van der Waals surface area (Å²) in [6, 6.07) is 2.01. The number of fused-ring (bicyclic) bond motifs is 1. The number of aliphatic hydroxyl groups excluding tert-OH is 1. The zero-order valence-electron chi connectivity index (χ0n) is 12.7. The Bertz CT molecular complexity index is 626. The number of anilines is 1. The summed E-state index contributed by atoms with van der Waals surface area (Å²) >= 11 is 0. The minimum absolute atomic E-state index is 0.0825. The predicted molar refractivity (Wildman–Crippen MR) is 81.2 cm³/mol. The van der Waals surface area contributed by atoms with E-state index < -0.39 is 0 Å². The minimum Gasteiger partial charge on any atom is -0.392 e. The normalized spacial score (nSPS) is 26.1. The minimum atomic E-state index is -0.238. The summed E-state index contributed by atoms with van der Waals surface area (Å²) in [4.78, 5) is 8.61. The molecule has 1 saturated carbocycles. The maximum absolute atomic E-state index is 10.3. The number of rotatable bonds is 4. The van der Waals surface area contributed by atoms with Crippen molar-refractivity contribution in [3.05, 3.63) is 18.1 Å². The number of nitrogens with one attached hydrogen (secondary N) is 1. The van der Waals surface area contributed by atoms with Crippen molar-refractivity contribution >= 4 is 11.6 Å². The van der Waals surface area contributed by atoms with Gasteiger partial charge in [0.25, 0.3) is 5.78 Å². The molecule has 21 heavy (non-hydrogen) atoms. The van der Waals surface area contributed by atoms with Crippen molar-refractivity contribution in [1.29, 1.82) is 0 Å². The highest BCUT2D eigenvalue weighted by atomic mass is 16.3. The van der Waals surface area contributed by atoms with Crippen LogP contribution in [0.25, 0.3) is 5.78 Å². The molecule has 2 unspecified atom stereocenters. The second-order valence-electron chi connectivity index (χ2n) is 6.23. The van der Waals surface area contributed by atoms with Crippen molar-refractivity contribution in [2.24, 2.45) is 5.41 Å². The van der Waals surface area contributed by atoms with Crippen molar-refractivity contribution < 1.29 is 5.11 Å². The molecule has 6 nitrogen and oxygen atoms in total. The molecule has 2 aromatic heterocycles. The summed E-state index contributed by atoms with van der Waals surface area (Å²) in [6.45, 7) is 4.96. The molecule has 0 bridgehead atoms. The molecule has 0 spiro atoms. The Morgan fingerprint density at radius 1 is 1.48 bits per heavy atom. The lowest BCUT2D eigenvalue weighted by Gasteiger charge is -2.38. The largest absolute Gasteiger partial charge is 0.392 e. The van der Waals surface area contributed by atoms with E-state index in [2.05, 4.69) is 34.2 Å². The molecule has 2 atom stereocenters. The van der Waals surface area contributed by atoms with Crippen LogP contribution >= 0.6 is 0 Å². The summed E-state index contributed by atoms with van der Waals surface area (Å²) in [5.41, 5.74) is 0.910. The van der Waals surface area contributed by atoms with Gasteiger partial charge >= 0.3 is 0 Å². The Labute approximate surface area is 124 Å². The van der Waals surface area contributed by atoms with Crippen LogP contribution in [-0.2, 0) is 6.42 Å². The number of aliphatic hydroxyl groups is 1. The summed E-state index contributed by atoms with van der Waals surface area (Å²) in [7, 11) is 0. The van der Waals surface area contributed by atoms with E-state index in [1.807, 2.05) is 6.07 Å². The Morgan fingerprint density at radius 2 is 2.33 bits per heavy atom. The van der Waals surface area contributed by atoms with Gasteiger partial charge in [0.15, 0.2) is 0 Å². The Morgan fingerprint density at radius 3 is 3.10 bits per heavy atom. The van der Waals surface area contributed by atoms with Gasteiger partial charge in [-0.05, 0) is 19.3 Å². The Kier molecular flexibility index (Phi) is 3.80. The predicted octanol–water partition coefficient (Wildman–Crippen LogP) is 2.04. The fourth-order valence-electron chi connectivity index (χ4n) is 3.05. The lowest BCUT2D eigenvalue weighted by Crippen LogP contribution is -2.41. The number of hydrogen-bond donors (Lipinski definition) is 2. The fourth-order valence-corrected chi connectivity index (χ4v) is 3.05. The molecule has 3 rings (SSSR count). The van der Waals surface area contributed by atoms with Crippen LogP contribution < -0.4 is 5.32 Å². The van der Waals surface area contributed by atoms with Crippen LogP contribution in [0.1, 0.15) is 45.2 Å². The van der Waals surface area contributed by atoms with Crippen molar-refractivity contribution in [3.8, 4) is 0 Å². The van der Waals surface area contributed by atoms with Crippen LogP contribution in [0.15, 0.2) is 12.4 Å². The highest BCUT2D eigenvalue weighted by Crippen LogP contribution is 2.36. The molecule has 1 fully saturated rings. The van der Waals surface area contributed by atoms with E-state index >= 15 is 0 Å². The van der Waals surface area contributed by atoms with Crippen molar-refractivity contribution in [2.75, 3.05) is 11.9 Å². The van der Waals surface area contributed by atoms with Gasteiger partial charge in [-0.15, -0.1) is 0 Å². The number of hydrogen-bond acceptors (Lipinski definition) is 5. The molecule has 2 N–H and O–H groups in total. The standard InChI is InChI=1S/C15H23N5O/c1-3-11-8-13(20-14(19-11)17-10-18-20)16-9-15(2)7-5-4-6-12(15)21/h8,10,12,16,21H,3-7,9H2,1-2H3. The van der Waals surface area contributed by atoms with Crippen molar-refractivity contribution in [2.45, 2.75) is 52.1 Å². The van der Waals surface area contributed by atoms with Gasteiger partial charge < -0.3 is 10.4 Å². The molecule has 2 heterocycles. The van der Waals surface area contributed by atoms with Crippen LogP contribution in [0.3, 0.4) is 0 Å². The zero-order chi connectivity index (χ0) is 14.9. The van der Waals surface area contributed by atoms with Gasteiger partial charge in [0.2, 0.25) is 0 Å². The first-order valence-electron chi connectivity index (χ1n) is 7.74. The third kappa shape index (κ3) is 2.72. The second kappa shape index (κ2) is 5.60. The quantitative estimate of drug-likeness (QED) is 0.901. The van der Waals surface area contributed by atoms with Crippen LogP contribution in [-0.4, -0.2) is 37.3 Å². The second-order valence-corrected chi connectivity index (χ2v) is 6.23. The smallest absolute Gasteiger partial charge is 0.254 e. The van der Waals surface area contributed by atoms with Crippen LogP contribution in [0, 0.1) is 5.41 Å². The summed E-state index contributed by atoms with van der Waals surface area (Å²) in [6.07, 6.45) is 6.39. The Hall–Kier alpha value is -1.69. The van der Waals surface area contributed by atoms with E-state index in [1.165, 1.54) is 12.7 Å². The SMILES string of the molecule is CCc1cc(NCC2(C)CCCCC2O)n2ncnc2n1. The van der Waals surface area contributed by atoms with Gasteiger partial charge in [0.05, 0.1) is 6.10 Å². The molecule has 1 aliphatic rings. The number of aromatic nitrogens is 4. The molecule has 2 aromatic rings. The molecule has 0 radical (unpaired) electrons. The van der Waals surface area contributed by atoms with Gasteiger partial charge in [-0.3, -0.25) is 0 Å². The van der Waals surface area contributed by atoms with E-state index in [0.29, 0.717) is 5.78 Å². The lowest BCUT2D eigenvalue weighted by atomic mass is 9.73. The molecule has 0 aliphatic heterocycles. The van der Waals surface area contributed by atoms with Crippen molar-refractivity contribution in [3.63, 3.8) is 0 Å². The lowest BCUT2D eigenvalue weighted by molar-refractivity contribution is 0.00956. The molecule has 6 heteroatoms. The monoisotopic (exact) mass is 289 g/mol. The van der Waals surface area contributed by atoms with Gasteiger partial charge in [-0.1, -0.05) is 26.7 Å². The topological polar surface area (TPSA) is 75.3 Å². The summed E-state index contributed by atoms with van der Waals surface area (Å²) in [5, 5.41) is 18.0. The van der Waals surface area contributed by atoms with Crippen LogP contribution in [0.2, 0.25) is 0 Å². The first-order valence-corrected chi connectivity index (χ1v) is 7.74. The fraction of sp³-hybridized carbons (Fsp3) is 0.667. The number of nitrogens with zero attached hydrogens (tertiary/aromatic N) is 4. The van der Waals surface area contributed by atoms with Crippen LogP contribution in [0.5, 0.6) is 0 Å². The molecule has 1 aliphatic carbocycles.